The predicted octanol–water partition coefficient (Wildman–Crippen LogP) is 2.25. The van der Waals surface area contributed by atoms with Crippen LogP contribution >= 0.6 is 0 Å². The maximum atomic E-state index is 12.3. The minimum atomic E-state index is -5.05. The first-order valence-electron chi connectivity index (χ1n) is 4.79. The lowest BCUT2D eigenvalue weighted by molar-refractivity contribution is -0.274. The molecule has 0 radical (unpaired) electrons. The molecule has 1 aromatic rings. The van der Waals surface area contributed by atoms with Gasteiger partial charge >= 0.3 is 12.3 Å². The summed E-state index contributed by atoms with van der Waals surface area (Å²) in [7, 11) is 2.14. The molecular weight excluding hydrogens is 267 g/mol. The summed E-state index contributed by atoms with van der Waals surface area (Å²) in [6.07, 6.45) is -5.05. The number of hydrogen-bond donors (Lipinski definition) is 0. The standard InChI is InChI=1S/C11H8F3NO4/c1-17-7-4-3-6(5-15)9(19-11(12,13)14)8(7)10(16)18-2/h3-4H,1-2H3. The fourth-order valence-electron chi connectivity index (χ4n) is 1.34. The summed E-state index contributed by atoms with van der Waals surface area (Å²) >= 11 is 0. The van der Waals surface area contributed by atoms with E-state index >= 15 is 0 Å². The van der Waals surface area contributed by atoms with Gasteiger partial charge in [-0.05, 0) is 12.1 Å². The van der Waals surface area contributed by atoms with Crippen molar-refractivity contribution in [2.45, 2.75) is 6.36 Å². The zero-order chi connectivity index (χ0) is 14.6. The van der Waals surface area contributed by atoms with Crippen LogP contribution in [-0.4, -0.2) is 26.6 Å². The Morgan fingerprint density at radius 2 is 1.95 bits per heavy atom. The lowest BCUT2D eigenvalue weighted by Crippen LogP contribution is -2.20. The molecule has 0 atom stereocenters. The highest BCUT2D eigenvalue weighted by molar-refractivity contribution is 5.96. The molecule has 8 heteroatoms. The van der Waals surface area contributed by atoms with E-state index in [1.165, 1.54) is 12.1 Å². The third-order valence-corrected chi connectivity index (χ3v) is 2.07. The number of alkyl halides is 3. The highest BCUT2D eigenvalue weighted by atomic mass is 19.4. The molecule has 0 saturated heterocycles. The van der Waals surface area contributed by atoms with Crippen LogP contribution < -0.4 is 9.47 Å². The molecule has 0 aliphatic rings. The number of hydrogen-bond acceptors (Lipinski definition) is 5. The number of nitriles is 1. The zero-order valence-corrected chi connectivity index (χ0v) is 9.87. The Kier molecular flexibility index (Phi) is 4.22. The minimum absolute atomic E-state index is 0.190. The van der Waals surface area contributed by atoms with Gasteiger partial charge < -0.3 is 14.2 Å². The van der Waals surface area contributed by atoms with Gasteiger partial charge in [0, 0.05) is 0 Å². The van der Waals surface area contributed by atoms with Crippen molar-refractivity contribution in [3.63, 3.8) is 0 Å². The number of benzene rings is 1. The number of esters is 1. The minimum Gasteiger partial charge on any atom is -0.496 e. The Morgan fingerprint density at radius 3 is 2.37 bits per heavy atom. The Bertz CT molecular complexity index is 534. The number of ether oxygens (including phenoxy) is 3. The molecule has 0 amide bonds. The topological polar surface area (TPSA) is 68.5 Å². The Hall–Kier alpha value is -2.43. The first-order chi connectivity index (χ1) is 8.84. The van der Waals surface area contributed by atoms with Gasteiger partial charge in [-0.15, -0.1) is 13.2 Å². The lowest BCUT2D eigenvalue weighted by Gasteiger charge is -2.15. The van der Waals surface area contributed by atoms with Crippen LogP contribution in [0.15, 0.2) is 12.1 Å². The van der Waals surface area contributed by atoms with Crippen LogP contribution in [0.3, 0.4) is 0 Å². The molecule has 0 fully saturated rings. The van der Waals surface area contributed by atoms with Crippen LogP contribution in [0.5, 0.6) is 11.5 Å². The normalized spacial score (nSPS) is 10.5. The SMILES string of the molecule is COC(=O)c1c(OC)ccc(C#N)c1OC(F)(F)F. The van der Waals surface area contributed by atoms with Crippen molar-refractivity contribution in [2.24, 2.45) is 0 Å². The molecule has 5 nitrogen and oxygen atoms in total. The quantitative estimate of drug-likeness (QED) is 0.791. The third kappa shape index (κ3) is 3.28. The Morgan fingerprint density at radius 1 is 1.32 bits per heavy atom. The fourth-order valence-corrected chi connectivity index (χ4v) is 1.34. The summed E-state index contributed by atoms with van der Waals surface area (Å²) in [6, 6.07) is 3.72. The number of rotatable bonds is 3. The van der Waals surface area contributed by atoms with Crippen LogP contribution in [-0.2, 0) is 4.74 Å². The second-order valence-electron chi connectivity index (χ2n) is 3.17. The highest BCUT2D eigenvalue weighted by Gasteiger charge is 2.36. The molecule has 0 spiro atoms. The molecule has 19 heavy (non-hydrogen) atoms. The number of methoxy groups -OCH3 is 2. The maximum Gasteiger partial charge on any atom is 0.573 e. The van der Waals surface area contributed by atoms with Crippen molar-refractivity contribution in [1.82, 2.24) is 0 Å². The average molecular weight is 275 g/mol. The van der Waals surface area contributed by atoms with E-state index in [2.05, 4.69) is 9.47 Å². The van der Waals surface area contributed by atoms with Crippen LogP contribution in [0.4, 0.5) is 13.2 Å². The molecule has 102 valence electrons. The van der Waals surface area contributed by atoms with E-state index in [1.54, 1.807) is 0 Å². The average Bonchev–Trinajstić information content (AvgIpc) is 2.35. The monoisotopic (exact) mass is 275 g/mol. The summed E-state index contributed by atoms with van der Waals surface area (Å²) in [6.45, 7) is 0. The maximum absolute atomic E-state index is 12.3. The van der Waals surface area contributed by atoms with Gasteiger partial charge in [0.05, 0.1) is 19.8 Å². The molecule has 0 aromatic heterocycles. The van der Waals surface area contributed by atoms with E-state index < -0.39 is 29.2 Å². The first kappa shape index (κ1) is 14.6. The van der Waals surface area contributed by atoms with Crippen molar-refractivity contribution in [3.8, 4) is 17.6 Å². The van der Waals surface area contributed by atoms with Crippen molar-refractivity contribution >= 4 is 5.97 Å². The smallest absolute Gasteiger partial charge is 0.496 e. The summed E-state index contributed by atoms with van der Waals surface area (Å²) in [5.41, 5.74) is -1.06. The Balaban J connectivity index is 3.53. The molecule has 0 heterocycles. The summed E-state index contributed by atoms with van der Waals surface area (Å²) in [5.74, 6) is -2.24. The summed E-state index contributed by atoms with van der Waals surface area (Å²) < 4.78 is 49.8. The van der Waals surface area contributed by atoms with Crippen molar-refractivity contribution in [2.75, 3.05) is 14.2 Å². The second kappa shape index (κ2) is 5.48. The van der Waals surface area contributed by atoms with E-state index in [1.807, 2.05) is 0 Å². The Labute approximate surface area is 106 Å². The van der Waals surface area contributed by atoms with Gasteiger partial charge in [0.15, 0.2) is 5.75 Å². The van der Waals surface area contributed by atoms with Crippen molar-refractivity contribution in [3.05, 3.63) is 23.3 Å². The van der Waals surface area contributed by atoms with E-state index in [0.29, 0.717) is 0 Å². The van der Waals surface area contributed by atoms with Gasteiger partial charge in [-0.1, -0.05) is 0 Å². The van der Waals surface area contributed by atoms with Crippen molar-refractivity contribution in [1.29, 1.82) is 5.26 Å². The summed E-state index contributed by atoms with van der Waals surface area (Å²) in [4.78, 5) is 11.5. The predicted molar refractivity (Wildman–Crippen MR) is 55.7 cm³/mol. The molecule has 0 unspecified atom stereocenters. The molecule has 1 rings (SSSR count). The van der Waals surface area contributed by atoms with E-state index in [0.717, 1.165) is 20.3 Å². The second-order valence-corrected chi connectivity index (χ2v) is 3.17. The molecule has 0 bridgehead atoms. The molecule has 0 N–H and O–H groups in total. The number of nitrogens with zero attached hydrogens (tertiary/aromatic N) is 1. The van der Waals surface area contributed by atoms with Gasteiger partial charge in [-0.3, -0.25) is 0 Å². The lowest BCUT2D eigenvalue weighted by atomic mass is 10.1. The van der Waals surface area contributed by atoms with Gasteiger partial charge in [0.25, 0.3) is 0 Å². The third-order valence-electron chi connectivity index (χ3n) is 2.07. The van der Waals surface area contributed by atoms with E-state index in [-0.39, 0.29) is 5.75 Å². The number of carbonyl (C=O) groups excluding carboxylic acids is 1. The van der Waals surface area contributed by atoms with Crippen LogP contribution in [0.25, 0.3) is 0 Å². The zero-order valence-electron chi connectivity index (χ0n) is 9.87. The molecule has 0 aliphatic heterocycles. The molecule has 0 aliphatic carbocycles. The van der Waals surface area contributed by atoms with Crippen LogP contribution in [0.2, 0.25) is 0 Å². The molecule has 1 aromatic carbocycles. The fraction of sp³-hybridized carbons (Fsp3) is 0.273. The largest absolute Gasteiger partial charge is 0.573 e. The van der Waals surface area contributed by atoms with Gasteiger partial charge in [-0.25, -0.2) is 4.79 Å². The highest BCUT2D eigenvalue weighted by Crippen LogP contribution is 2.36. The van der Waals surface area contributed by atoms with Crippen LogP contribution in [0.1, 0.15) is 15.9 Å². The van der Waals surface area contributed by atoms with Gasteiger partial charge in [-0.2, -0.15) is 5.26 Å². The number of halogens is 3. The molecule has 0 saturated carbocycles. The van der Waals surface area contributed by atoms with E-state index in [9.17, 15) is 18.0 Å². The molecular formula is C11H8F3NO4. The van der Waals surface area contributed by atoms with Gasteiger partial charge in [0.1, 0.15) is 17.4 Å². The van der Waals surface area contributed by atoms with Gasteiger partial charge in [0.2, 0.25) is 0 Å². The first-order valence-corrected chi connectivity index (χ1v) is 4.79. The summed E-state index contributed by atoms with van der Waals surface area (Å²) in [5, 5.41) is 8.77. The van der Waals surface area contributed by atoms with Crippen molar-refractivity contribution < 1.29 is 32.2 Å². The van der Waals surface area contributed by atoms with Crippen LogP contribution in [0, 0.1) is 11.3 Å². The van der Waals surface area contributed by atoms with E-state index in [4.69, 9.17) is 10.00 Å². The number of carbonyl (C=O) groups is 1.